The number of para-hydroxylation sites is 1. The summed E-state index contributed by atoms with van der Waals surface area (Å²) < 4.78 is 1.92. The third-order valence-electron chi connectivity index (χ3n) is 6.96. The van der Waals surface area contributed by atoms with E-state index in [0.717, 1.165) is 57.5 Å². The van der Waals surface area contributed by atoms with Gasteiger partial charge in [0.1, 0.15) is 0 Å². The fourth-order valence-corrected chi connectivity index (χ4v) is 4.95. The van der Waals surface area contributed by atoms with Crippen LogP contribution in [0.1, 0.15) is 30.4 Å². The number of benzene rings is 2. The molecule has 1 aromatic heterocycles. The van der Waals surface area contributed by atoms with Crippen molar-refractivity contribution in [1.82, 2.24) is 19.6 Å². The molecule has 0 bridgehead atoms. The third kappa shape index (κ3) is 5.42. The zero-order valence-corrected chi connectivity index (χ0v) is 19.1. The number of amides is 1. The van der Waals surface area contributed by atoms with Crippen LogP contribution >= 0.6 is 0 Å². The summed E-state index contributed by atoms with van der Waals surface area (Å²) in [6.07, 6.45) is 10.6. The van der Waals surface area contributed by atoms with E-state index >= 15 is 0 Å². The van der Waals surface area contributed by atoms with Gasteiger partial charge in [0.25, 0.3) is 0 Å². The first-order valence-corrected chi connectivity index (χ1v) is 12.1. The number of likely N-dealkylation sites (tertiary alicyclic amines) is 1. The average Bonchev–Trinajstić information content (AvgIpc) is 3.37. The molecule has 5 nitrogen and oxygen atoms in total. The van der Waals surface area contributed by atoms with Gasteiger partial charge >= 0.3 is 0 Å². The van der Waals surface area contributed by atoms with Crippen LogP contribution < -0.4 is 0 Å². The van der Waals surface area contributed by atoms with Gasteiger partial charge in [-0.2, -0.15) is 5.10 Å². The molecule has 170 valence electrons. The minimum atomic E-state index is 0.280. The third-order valence-corrected chi connectivity index (χ3v) is 6.96. The van der Waals surface area contributed by atoms with Crippen LogP contribution in [0.15, 0.2) is 79.1 Å². The maximum absolute atomic E-state index is 12.9. The molecule has 33 heavy (non-hydrogen) atoms. The van der Waals surface area contributed by atoms with E-state index in [-0.39, 0.29) is 5.91 Å². The van der Waals surface area contributed by atoms with Crippen molar-refractivity contribution in [2.45, 2.75) is 25.7 Å². The molecule has 2 aromatic carbocycles. The zero-order valence-electron chi connectivity index (χ0n) is 19.1. The molecule has 5 rings (SSSR count). The lowest BCUT2D eigenvalue weighted by molar-refractivity contribution is -0.133. The van der Waals surface area contributed by atoms with Crippen molar-refractivity contribution >= 4 is 11.5 Å². The fraction of sp³-hybridized carbons (Fsp3) is 0.357. The van der Waals surface area contributed by atoms with E-state index in [0.29, 0.717) is 12.5 Å². The Kier molecular flexibility index (Phi) is 6.68. The fourth-order valence-electron chi connectivity index (χ4n) is 4.95. The first-order valence-electron chi connectivity index (χ1n) is 12.1. The second-order valence-corrected chi connectivity index (χ2v) is 9.24. The van der Waals surface area contributed by atoms with Crippen LogP contribution in [0.2, 0.25) is 0 Å². The summed E-state index contributed by atoms with van der Waals surface area (Å²) in [7, 11) is 0. The molecule has 0 saturated carbocycles. The van der Waals surface area contributed by atoms with Crippen molar-refractivity contribution in [3.8, 4) is 5.69 Å². The lowest BCUT2D eigenvalue weighted by Crippen LogP contribution is -2.45. The second kappa shape index (κ2) is 10.2. The van der Waals surface area contributed by atoms with Gasteiger partial charge in [-0.25, -0.2) is 4.68 Å². The summed E-state index contributed by atoms with van der Waals surface area (Å²) in [5.74, 6) is 0.968. The monoisotopic (exact) mass is 440 g/mol. The van der Waals surface area contributed by atoms with Crippen LogP contribution in [0.25, 0.3) is 11.3 Å². The molecule has 3 heterocycles. The molecule has 2 aliphatic heterocycles. The van der Waals surface area contributed by atoms with Crippen LogP contribution in [0.4, 0.5) is 0 Å². The smallest absolute Gasteiger partial charge is 0.236 e. The highest BCUT2D eigenvalue weighted by Crippen LogP contribution is 2.24. The van der Waals surface area contributed by atoms with Gasteiger partial charge in [0.15, 0.2) is 0 Å². The molecule has 2 aliphatic rings. The Balaban J connectivity index is 1.09. The maximum Gasteiger partial charge on any atom is 0.236 e. The van der Waals surface area contributed by atoms with Gasteiger partial charge in [-0.15, -0.1) is 0 Å². The van der Waals surface area contributed by atoms with Gasteiger partial charge in [-0.05, 0) is 54.9 Å². The van der Waals surface area contributed by atoms with Gasteiger partial charge in [-0.1, -0.05) is 54.6 Å². The minimum Gasteiger partial charge on any atom is -0.342 e. The predicted octanol–water partition coefficient (Wildman–Crippen LogP) is 4.44. The summed E-state index contributed by atoms with van der Waals surface area (Å²) in [4.78, 5) is 17.2. The molecule has 0 unspecified atom stereocenters. The highest BCUT2D eigenvalue weighted by atomic mass is 16.2. The molecule has 5 heteroatoms. The van der Waals surface area contributed by atoms with E-state index in [1.807, 2.05) is 29.1 Å². The number of piperidine rings is 1. The second-order valence-electron chi connectivity index (χ2n) is 9.24. The predicted molar refractivity (Wildman–Crippen MR) is 132 cm³/mol. The van der Waals surface area contributed by atoms with Gasteiger partial charge in [-0.3, -0.25) is 9.69 Å². The highest BCUT2D eigenvalue weighted by Gasteiger charge is 2.25. The van der Waals surface area contributed by atoms with Crippen LogP contribution in [0.3, 0.4) is 0 Å². The summed E-state index contributed by atoms with van der Waals surface area (Å²) in [6, 6.07) is 20.9. The topological polar surface area (TPSA) is 41.4 Å². The van der Waals surface area contributed by atoms with Crippen molar-refractivity contribution in [3.05, 3.63) is 90.3 Å². The Morgan fingerprint density at radius 2 is 1.67 bits per heavy atom. The van der Waals surface area contributed by atoms with Crippen LogP contribution in [0.5, 0.6) is 0 Å². The van der Waals surface area contributed by atoms with Crippen molar-refractivity contribution in [2.24, 2.45) is 5.92 Å². The largest absolute Gasteiger partial charge is 0.342 e. The number of nitrogens with zero attached hydrogens (tertiary/aromatic N) is 4. The molecule has 0 spiro atoms. The van der Waals surface area contributed by atoms with Crippen LogP contribution in [-0.2, 0) is 11.2 Å². The molecule has 1 fully saturated rings. The number of carbonyl (C=O) groups is 1. The maximum atomic E-state index is 12.9. The van der Waals surface area contributed by atoms with Crippen LogP contribution in [0, 0.1) is 5.92 Å². The molecule has 1 amide bonds. The van der Waals surface area contributed by atoms with E-state index in [1.165, 1.54) is 16.7 Å². The van der Waals surface area contributed by atoms with Gasteiger partial charge in [0.2, 0.25) is 5.91 Å². The number of hydrogen-bond donors (Lipinski definition) is 0. The molecular weight excluding hydrogens is 408 g/mol. The Morgan fingerprint density at radius 3 is 2.36 bits per heavy atom. The number of rotatable bonds is 6. The van der Waals surface area contributed by atoms with E-state index in [9.17, 15) is 4.79 Å². The highest BCUT2D eigenvalue weighted by molar-refractivity contribution is 5.78. The zero-order chi connectivity index (χ0) is 22.5. The Bertz CT molecular complexity index is 1080. The Morgan fingerprint density at radius 1 is 0.939 bits per heavy atom. The van der Waals surface area contributed by atoms with Crippen molar-refractivity contribution in [2.75, 3.05) is 32.7 Å². The molecule has 3 aromatic rings. The number of hydrogen-bond acceptors (Lipinski definition) is 3. The Hall–Kier alpha value is -3.18. The molecule has 0 radical (unpaired) electrons. The summed E-state index contributed by atoms with van der Waals surface area (Å²) in [6.45, 7) is 4.05. The van der Waals surface area contributed by atoms with Gasteiger partial charge in [0.05, 0.1) is 18.4 Å². The lowest BCUT2D eigenvalue weighted by atomic mass is 9.90. The normalized spacial score (nSPS) is 17.7. The summed E-state index contributed by atoms with van der Waals surface area (Å²) in [5.41, 5.74) is 4.97. The SMILES string of the molecule is O=C(CN1CC=C(c2cnn(-c3ccccc3)c2)CC1)N1CCC(Cc2ccccc2)CC1. The first kappa shape index (κ1) is 21.7. The van der Waals surface area contributed by atoms with E-state index in [2.05, 4.69) is 69.6 Å². The summed E-state index contributed by atoms with van der Waals surface area (Å²) in [5, 5.41) is 4.52. The molecule has 0 aliphatic carbocycles. The molecule has 0 N–H and O–H groups in total. The molecular formula is C28H32N4O. The van der Waals surface area contributed by atoms with Crippen LogP contribution in [-0.4, -0.2) is 58.2 Å². The minimum absolute atomic E-state index is 0.280. The molecule has 1 saturated heterocycles. The van der Waals surface area contributed by atoms with E-state index < -0.39 is 0 Å². The quantitative estimate of drug-likeness (QED) is 0.569. The van der Waals surface area contributed by atoms with Crippen molar-refractivity contribution in [3.63, 3.8) is 0 Å². The Labute approximate surface area is 196 Å². The van der Waals surface area contributed by atoms with E-state index in [4.69, 9.17) is 0 Å². The van der Waals surface area contributed by atoms with Crippen molar-refractivity contribution < 1.29 is 4.79 Å². The van der Waals surface area contributed by atoms with E-state index in [1.54, 1.807) is 0 Å². The average molecular weight is 441 g/mol. The summed E-state index contributed by atoms with van der Waals surface area (Å²) >= 11 is 0. The number of carbonyl (C=O) groups excluding carboxylic acids is 1. The van der Waals surface area contributed by atoms with Gasteiger partial charge < -0.3 is 4.90 Å². The lowest BCUT2D eigenvalue weighted by Gasteiger charge is -2.34. The molecule has 0 atom stereocenters. The first-order chi connectivity index (χ1) is 16.2. The standard InChI is InChI=1S/C28H32N4O/c33-28(31-17-11-24(12-18-31)19-23-7-3-1-4-8-23)22-30-15-13-25(14-16-30)26-20-29-32(21-26)27-9-5-2-6-10-27/h1-10,13,20-21,24H,11-12,14-19,22H2. The van der Waals surface area contributed by atoms with Gasteiger partial charge in [0, 0.05) is 37.9 Å². The number of aromatic nitrogens is 2. The van der Waals surface area contributed by atoms with Crippen molar-refractivity contribution in [1.29, 1.82) is 0 Å².